The van der Waals surface area contributed by atoms with Crippen LogP contribution in [0.5, 0.6) is 5.75 Å². The lowest BCUT2D eigenvalue weighted by Gasteiger charge is -2.25. The summed E-state index contributed by atoms with van der Waals surface area (Å²) in [5.41, 5.74) is 8.27. The minimum Gasteiger partial charge on any atom is -0.507 e. The van der Waals surface area contributed by atoms with Crippen LogP contribution in [0.3, 0.4) is 0 Å². The first-order valence-corrected chi connectivity index (χ1v) is 12.7. The maximum absolute atomic E-state index is 10.2. The van der Waals surface area contributed by atoms with Crippen molar-refractivity contribution in [3.05, 3.63) is 48.4 Å². The van der Waals surface area contributed by atoms with Gasteiger partial charge in [0.25, 0.3) is 0 Å². The molecule has 37 heavy (non-hydrogen) atoms. The predicted octanol–water partition coefficient (Wildman–Crippen LogP) is 2.01. The summed E-state index contributed by atoms with van der Waals surface area (Å²) in [6.45, 7) is 7.39. The van der Waals surface area contributed by atoms with Crippen molar-refractivity contribution >= 4 is 17.3 Å². The van der Waals surface area contributed by atoms with Gasteiger partial charge in [-0.25, -0.2) is 9.97 Å². The summed E-state index contributed by atoms with van der Waals surface area (Å²) in [6, 6.07) is 10.9. The number of aromatic nitrogens is 4. The lowest BCUT2D eigenvalue weighted by atomic mass is 10.1. The molecular formula is C27H32N8O2. The highest BCUT2D eigenvalue weighted by Crippen LogP contribution is 2.31. The van der Waals surface area contributed by atoms with Gasteiger partial charge in [0, 0.05) is 57.6 Å². The number of phenolic OH excluding ortho intramolecular Hbond substituents is 1. The fourth-order valence-electron chi connectivity index (χ4n) is 4.63. The van der Waals surface area contributed by atoms with Crippen LogP contribution in [0.1, 0.15) is 18.7 Å². The smallest absolute Gasteiger partial charge is 0.206 e. The van der Waals surface area contributed by atoms with Crippen molar-refractivity contribution in [2.24, 2.45) is 0 Å². The average molecular weight is 501 g/mol. The third-order valence-electron chi connectivity index (χ3n) is 6.60. The summed E-state index contributed by atoms with van der Waals surface area (Å²) >= 11 is 0. The lowest BCUT2D eigenvalue weighted by Crippen LogP contribution is -2.31. The monoisotopic (exact) mass is 500 g/mol. The first-order chi connectivity index (χ1) is 18.2. The van der Waals surface area contributed by atoms with Gasteiger partial charge in [-0.3, -0.25) is 4.90 Å². The fourth-order valence-corrected chi connectivity index (χ4v) is 4.63. The molecule has 0 aliphatic carbocycles. The largest absolute Gasteiger partial charge is 0.507 e. The van der Waals surface area contributed by atoms with Crippen LogP contribution in [-0.2, 0) is 4.74 Å². The third-order valence-corrected chi connectivity index (χ3v) is 6.60. The quantitative estimate of drug-likeness (QED) is 0.515. The Bertz CT molecular complexity index is 1270. The molecule has 0 bridgehead atoms. The van der Waals surface area contributed by atoms with E-state index in [-0.39, 0.29) is 5.75 Å². The number of benzene rings is 1. The standard InChI is InChI=1S/C27H32N8O2/c28-27-23(20-22(31-32-27)21-6-1-2-7-24(21)36)34-13-4-14-35(16-15-34)26-9-10-29-25(30-26)8-3-11-33-12-5-18-37-19-17-33/h1-2,6-7,9-10,20,36H,4-5,11-19H2,(H2,28,32). The van der Waals surface area contributed by atoms with Crippen LogP contribution in [0.2, 0.25) is 0 Å². The topological polar surface area (TPSA) is 117 Å². The minimum absolute atomic E-state index is 0.165. The van der Waals surface area contributed by atoms with E-state index < -0.39 is 0 Å². The molecule has 2 aliphatic heterocycles. The molecule has 2 aliphatic rings. The van der Waals surface area contributed by atoms with Gasteiger partial charge in [0.15, 0.2) is 5.82 Å². The van der Waals surface area contributed by atoms with Crippen molar-refractivity contribution in [2.75, 3.05) is 74.6 Å². The highest BCUT2D eigenvalue weighted by molar-refractivity contribution is 5.74. The third kappa shape index (κ3) is 6.25. The maximum atomic E-state index is 10.2. The van der Waals surface area contributed by atoms with Crippen LogP contribution in [-0.4, -0.2) is 89.2 Å². The number of anilines is 3. The Hall–Kier alpha value is -3.94. The fraction of sp³-hybridized carbons (Fsp3) is 0.407. The molecule has 3 N–H and O–H groups in total. The number of hydrogen-bond donors (Lipinski definition) is 2. The van der Waals surface area contributed by atoms with E-state index >= 15 is 0 Å². The number of hydrogen-bond acceptors (Lipinski definition) is 10. The van der Waals surface area contributed by atoms with Crippen molar-refractivity contribution in [2.45, 2.75) is 12.8 Å². The number of aromatic hydroxyl groups is 1. The number of rotatable bonds is 4. The van der Waals surface area contributed by atoms with E-state index in [1.807, 2.05) is 24.3 Å². The Morgan fingerprint density at radius 2 is 1.81 bits per heavy atom. The zero-order valence-electron chi connectivity index (χ0n) is 20.9. The molecule has 4 heterocycles. The molecule has 0 radical (unpaired) electrons. The second-order valence-corrected chi connectivity index (χ2v) is 9.13. The Morgan fingerprint density at radius 3 is 2.73 bits per heavy atom. The molecule has 0 spiro atoms. The Balaban J connectivity index is 1.26. The van der Waals surface area contributed by atoms with E-state index in [0.717, 1.165) is 76.8 Å². The van der Waals surface area contributed by atoms with Gasteiger partial charge >= 0.3 is 0 Å². The second kappa shape index (κ2) is 11.9. The molecule has 10 nitrogen and oxygen atoms in total. The van der Waals surface area contributed by atoms with Gasteiger partial charge in [-0.2, -0.15) is 0 Å². The molecule has 10 heteroatoms. The van der Waals surface area contributed by atoms with Gasteiger partial charge < -0.3 is 25.4 Å². The van der Waals surface area contributed by atoms with E-state index in [2.05, 4.69) is 41.7 Å². The highest BCUT2D eigenvalue weighted by atomic mass is 16.5. The number of phenols is 1. The van der Waals surface area contributed by atoms with Gasteiger partial charge in [-0.1, -0.05) is 18.1 Å². The van der Waals surface area contributed by atoms with Crippen molar-refractivity contribution < 1.29 is 9.84 Å². The summed E-state index contributed by atoms with van der Waals surface area (Å²) in [7, 11) is 0. The lowest BCUT2D eigenvalue weighted by molar-refractivity contribution is 0.143. The number of nitrogens with zero attached hydrogens (tertiary/aromatic N) is 7. The molecule has 0 amide bonds. The average Bonchev–Trinajstić information content (AvgIpc) is 3.33. The Kier molecular flexibility index (Phi) is 7.93. The summed E-state index contributed by atoms with van der Waals surface area (Å²) in [4.78, 5) is 15.9. The van der Waals surface area contributed by atoms with Crippen molar-refractivity contribution in [3.8, 4) is 28.8 Å². The first-order valence-electron chi connectivity index (χ1n) is 12.7. The summed E-state index contributed by atoms with van der Waals surface area (Å²) in [5.74, 6) is 8.31. The number of nitrogen functional groups attached to an aromatic ring is 1. The zero-order valence-corrected chi connectivity index (χ0v) is 20.9. The molecule has 192 valence electrons. The second-order valence-electron chi connectivity index (χ2n) is 9.13. The van der Waals surface area contributed by atoms with Crippen molar-refractivity contribution in [3.63, 3.8) is 0 Å². The van der Waals surface area contributed by atoms with Crippen LogP contribution in [0.25, 0.3) is 11.3 Å². The van der Waals surface area contributed by atoms with Gasteiger partial charge in [-0.15, -0.1) is 10.2 Å². The maximum Gasteiger partial charge on any atom is 0.206 e. The van der Waals surface area contributed by atoms with Crippen molar-refractivity contribution in [1.82, 2.24) is 25.1 Å². The molecule has 2 saturated heterocycles. The minimum atomic E-state index is 0.165. The van der Waals surface area contributed by atoms with Gasteiger partial charge in [0.2, 0.25) is 5.82 Å². The van der Waals surface area contributed by atoms with Crippen LogP contribution in [0.15, 0.2) is 42.6 Å². The van der Waals surface area contributed by atoms with E-state index in [1.54, 1.807) is 18.3 Å². The molecule has 0 unspecified atom stereocenters. The number of para-hydroxylation sites is 1. The van der Waals surface area contributed by atoms with Gasteiger partial charge in [-0.05, 0) is 43.0 Å². The molecule has 3 aromatic rings. The highest BCUT2D eigenvalue weighted by Gasteiger charge is 2.20. The number of ether oxygens (including phenoxy) is 1. The summed E-state index contributed by atoms with van der Waals surface area (Å²) in [5, 5.41) is 18.6. The zero-order chi connectivity index (χ0) is 25.5. The summed E-state index contributed by atoms with van der Waals surface area (Å²) in [6.07, 6.45) is 3.74. The Labute approximate surface area is 217 Å². The van der Waals surface area contributed by atoms with Crippen LogP contribution < -0.4 is 15.5 Å². The Morgan fingerprint density at radius 1 is 0.946 bits per heavy atom. The van der Waals surface area contributed by atoms with E-state index in [1.165, 1.54) is 0 Å². The normalized spacial score (nSPS) is 17.0. The van der Waals surface area contributed by atoms with Crippen molar-refractivity contribution in [1.29, 1.82) is 0 Å². The molecule has 0 saturated carbocycles. The predicted molar refractivity (Wildman–Crippen MR) is 143 cm³/mol. The first kappa shape index (κ1) is 24.7. The van der Waals surface area contributed by atoms with Gasteiger partial charge in [0.05, 0.1) is 24.5 Å². The van der Waals surface area contributed by atoms with Crippen LogP contribution >= 0.6 is 0 Å². The molecule has 2 aromatic heterocycles. The summed E-state index contributed by atoms with van der Waals surface area (Å²) < 4.78 is 5.51. The van der Waals surface area contributed by atoms with E-state index in [0.29, 0.717) is 29.4 Å². The number of nitrogens with two attached hydrogens (primary N) is 1. The van der Waals surface area contributed by atoms with E-state index in [9.17, 15) is 5.11 Å². The molecule has 5 rings (SSSR count). The van der Waals surface area contributed by atoms with Crippen LogP contribution in [0, 0.1) is 11.8 Å². The SMILES string of the molecule is Nc1nnc(-c2ccccc2O)cc1N1CCCN(c2ccnc(C#CCN3CCCOCC3)n2)CC1. The molecule has 2 fully saturated rings. The van der Waals surface area contributed by atoms with Gasteiger partial charge in [0.1, 0.15) is 11.6 Å². The van der Waals surface area contributed by atoms with E-state index in [4.69, 9.17) is 15.5 Å². The molecule has 0 atom stereocenters. The molecule has 1 aromatic carbocycles. The van der Waals surface area contributed by atoms with Crippen LogP contribution in [0.4, 0.5) is 17.3 Å². The molecular weight excluding hydrogens is 468 g/mol.